The van der Waals surface area contributed by atoms with Gasteiger partial charge in [0.15, 0.2) is 9.84 Å². The van der Waals surface area contributed by atoms with Gasteiger partial charge < -0.3 is 9.64 Å². The third kappa shape index (κ3) is 4.16. The van der Waals surface area contributed by atoms with E-state index in [1.54, 1.807) is 54.6 Å². The fourth-order valence-corrected chi connectivity index (χ4v) is 4.31. The summed E-state index contributed by atoms with van der Waals surface area (Å²) in [6, 6.07) is 13.5. The second-order valence-electron chi connectivity index (χ2n) is 5.83. The van der Waals surface area contributed by atoms with Gasteiger partial charge in [-0.25, -0.2) is 8.42 Å². The lowest BCUT2D eigenvalue weighted by atomic mass is 10.1. The lowest BCUT2D eigenvalue weighted by Crippen LogP contribution is -2.41. The zero-order valence-electron chi connectivity index (χ0n) is 14.1. The van der Waals surface area contributed by atoms with E-state index in [1.807, 2.05) is 6.92 Å². The van der Waals surface area contributed by atoms with Gasteiger partial charge in [0.25, 0.3) is 5.91 Å². The summed E-state index contributed by atoms with van der Waals surface area (Å²) in [7, 11) is -3.29. The highest BCUT2D eigenvalue weighted by atomic mass is 79.9. The van der Waals surface area contributed by atoms with Gasteiger partial charge in [0.05, 0.1) is 18.4 Å². The molecule has 1 amide bonds. The average molecular weight is 436 g/mol. The van der Waals surface area contributed by atoms with Crippen LogP contribution in [0, 0.1) is 0 Å². The lowest BCUT2D eigenvalue weighted by Gasteiger charge is -2.28. The Bertz CT molecular complexity index is 921. The molecule has 1 atom stereocenters. The number of benzene rings is 2. The summed E-state index contributed by atoms with van der Waals surface area (Å²) in [5.74, 6) is 0.318. The molecular formula is C19H18BrNO4S. The molecule has 0 saturated carbocycles. The van der Waals surface area contributed by atoms with E-state index in [9.17, 15) is 13.2 Å². The van der Waals surface area contributed by atoms with E-state index in [4.69, 9.17) is 4.74 Å². The minimum Gasteiger partial charge on any atom is -0.494 e. The van der Waals surface area contributed by atoms with Crippen LogP contribution in [0.3, 0.4) is 0 Å². The largest absolute Gasteiger partial charge is 0.494 e. The number of nitrogens with zero attached hydrogens (tertiary/aromatic N) is 1. The predicted octanol–water partition coefficient (Wildman–Crippen LogP) is 3.81. The molecule has 2 aromatic carbocycles. The van der Waals surface area contributed by atoms with E-state index in [0.29, 0.717) is 23.6 Å². The molecule has 1 aliphatic heterocycles. The van der Waals surface area contributed by atoms with Crippen molar-refractivity contribution in [1.29, 1.82) is 0 Å². The fraction of sp³-hybridized carbons (Fsp3) is 0.211. The number of carbonyl (C=O) groups is 1. The summed E-state index contributed by atoms with van der Waals surface area (Å²) in [6.45, 7) is 2.44. The van der Waals surface area contributed by atoms with Crippen LogP contribution in [0.1, 0.15) is 17.3 Å². The van der Waals surface area contributed by atoms with Gasteiger partial charge in [-0.05, 0) is 61.5 Å². The van der Waals surface area contributed by atoms with Crippen LogP contribution in [0.4, 0.5) is 5.69 Å². The van der Waals surface area contributed by atoms with Crippen molar-refractivity contribution < 1.29 is 17.9 Å². The Morgan fingerprint density at radius 1 is 1.15 bits per heavy atom. The van der Waals surface area contributed by atoms with Gasteiger partial charge in [-0.15, -0.1) is 0 Å². The molecule has 5 nitrogen and oxygen atoms in total. The quantitative estimate of drug-likeness (QED) is 0.715. The number of carbonyl (C=O) groups excluding carboxylic acids is 1. The standard InChI is InChI=1S/C19H18BrNO4S/c1-2-25-18-9-7-16(8-10-18)21(17-11-12-26(23,24)13-17)19(22)14-3-5-15(20)6-4-14/h3-12,17H,2,13H2,1H3/t17-/m0/s1. The maximum Gasteiger partial charge on any atom is 0.258 e. The van der Waals surface area contributed by atoms with Gasteiger partial charge in [0.1, 0.15) is 5.75 Å². The molecule has 0 aromatic heterocycles. The zero-order valence-corrected chi connectivity index (χ0v) is 16.5. The Morgan fingerprint density at radius 3 is 2.35 bits per heavy atom. The van der Waals surface area contributed by atoms with Crippen LogP contribution >= 0.6 is 15.9 Å². The number of ether oxygens (including phenoxy) is 1. The molecule has 0 radical (unpaired) electrons. The highest BCUT2D eigenvalue weighted by Gasteiger charge is 2.32. The number of rotatable bonds is 5. The van der Waals surface area contributed by atoms with Gasteiger partial charge in [0, 0.05) is 21.1 Å². The van der Waals surface area contributed by atoms with Crippen molar-refractivity contribution >= 4 is 37.4 Å². The van der Waals surface area contributed by atoms with Crippen molar-refractivity contribution in [3.8, 4) is 5.75 Å². The molecule has 0 saturated heterocycles. The molecule has 0 unspecified atom stereocenters. The zero-order chi connectivity index (χ0) is 18.7. The van der Waals surface area contributed by atoms with E-state index in [1.165, 1.54) is 10.3 Å². The van der Waals surface area contributed by atoms with Crippen LogP contribution in [0.25, 0.3) is 0 Å². The van der Waals surface area contributed by atoms with Gasteiger partial charge in [-0.1, -0.05) is 15.9 Å². The molecule has 7 heteroatoms. The summed E-state index contributed by atoms with van der Waals surface area (Å²) >= 11 is 3.35. The first-order valence-corrected chi connectivity index (χ1v) is 10.6. The Morgan fingerprint density at radius 2 is 1.81 bits per heavy atom. The van der Waals surface area contributed by atoms with Crippen molar-refractivity contribution in [3.05, 3.63) is 70.1 Å². The monoisotopic (exact) mass is 435 g/mol. The van der Waals surface area contributed by atoms with Crippen LogP contribution in [0.5, 0.6) is 5.75 Å². The van der Waals surface area contributed by atoms with Gasteiger partial charge >= 0.3 is 0 Å². The first kappa shape index (κ1) is 18.7. The van der Waals surface area contributed by atoms with Crippen LogP contribution in [0.15, 0.2) is 64.5 Å². The first-order chi connectivity index (χ1) is 12.4. The smallest absolute Gasteiger partial charge is 0.258 e. The Kier molecular flexibility index (Phi) is 5.48. The summed E-state index contributed by atoms with van der Waals surface area (Å²) in [5, 5.41) is 1.17. The molecule has 0 aliphatic carbocycles. The van der Waals surface area contributed by atoms with E-state index in [-0.39, 0.29) is 11.7 Å². The fourth-order valence-electron chi connectivity index (χ4n) is 2.78. The molecular weight excluding hydrogens is 418 g/mol. The second-order valence-corrected chi connectivity index (χ2v) is 8.68. The molecule has 26 heavy (non-hydrogen) atoms. The van der Waals surface area contributed by atoms with Crippen LogP contribution in [0.2, 0.25) is 0 Å². The molecule has 1 aliphatic rings. The molecule has 0 N–H and O–H groups in total. The maximum absolute atomic E-state index is 13.1. The van der Waals surface area contributed by atoms with Crippen LogP contribution in [-0.2, 0) is 9.84 Å². The predicted molar refractivity (Wildman–Crippen MR) is 105 cm³/mol. The molecule has 1 heterocycles. The number of hydrogen-bond donors (Lipinski definition) is 0. The van der Waals surface area contributed by atoms with E-state index < -0.39 is 15.9 Å². The molecule has 3 rings (SSSR count). The minimum atomic E-state index is -3.29. The third-order valence-electron chi connectivity index (χ3n) is 3.98. The number of amides is 1. The number of sulfone groups is 1. The molecule has 2 aromatic rings. The summed E-state index contributed by atoms with van der Waals surface area (Å²) < 4.78 is 30.0. The highest BCUT2D eigenvalue weighted by molar-refractivity contribution is 9.10. The number of anilines is 1. The number of hydrogen-bond acceptors (Lipinski definition) is 4. The Hall–Kier alpha value is -2.12. The molecule has 0 bridgehead atoms. The average Bonchev–Trinajstić information content (AvgIpc) is 2.97. The topological polar surface area (TPSA) is 63.7 Å². The molecule has 0 fully saturated rings. The first-order valence-electron chi connectivity index (χ1n) is 8.12. The van der Waals surface area contributed by atoms with Crippen LogP contribution in [-0.4, -0.2) is 32.7 Å². The second kappa shape index (κ2) is 7.63. The molecule has 0 spiro atoms. The van der Waals surface area contributed by atoms with Crippen molar-refractivity contribution in [2.75, 3.05) is 17.3 Å². The van der Waals surface area contributed by atoms with Gasteiger partial charge in [-0.2, -0.15) is 0 Å². The lowest BCUT2D eigenvalue weighted by molar-refractivity contribution is 0.0983. The SMILES string of the molecule is CCOc1ccc(N(C(=O)c2ccc(Br)cc2)[C@H]2C=CS(=O)(=O)C2)cc1. The number of halogens is 1. The van der Waals surface area contributed by atoms with Crippen molar-refractivity contribution in [2.45, 2.75) is 13.0 Å². The third-order valence-corrected chi connectivity index (χ3v) is 5.89. The van der Waals surface area contributed by atoms with Gasteiger partial charge in [0.2, 0.25) is 0 Å². The van der Waals surface area contributed by atoms with Crippen LogP contribution < -0.4 is 9.64 Å². The molecule has 136 valence electrons. The van der Waals surface area contributed by atoms with Crippen molar-refractivity contribution in [3.63, 3.8) is 0 Å². The highest BCUT2D eigenvalue weighted by Crippen LogP contribution is 2.27. The minimum absolute atomic E-state index is 0.123. The van der Waals surface area contributed by atoms with E-state index in [0.717, 1.165) is 4.47 Å². The summed E-state index contributed by atoms with van der Waals surface area (Å²) in [4.78, 5) is 14.6. The Labute approximate surface area is 161 Å². The van der Waals surface area contributed by atoms with E-state index in [2.05, 4.69) is 15.9 Å². The van der Waals surface area contributed by atoms with E-state index >= 15 is 0 Å². The normalized spacial score (nSPS) is 17.8. The summed E-state index contributed by atoms with van der Waals surface area (Å²) in [5.41, 5.74) is 1.10. The van der Waals surface area contributed by atoms with Crippen molar-refractivity contribution in [1.82, 2.24) is 0 Å². The Balaban J connectivity index is 1.97. The maximum atomic E-state index is 13.1. The van der Waals surface area contributed by atoms with Gasteiger partial charge in [-0.3, -0.25) is 4.79 Å². The van der Waals surface area contributed by atoms with Crippen molar-refractivity contribution in [2.24, 2.45) is 0 Å². The summed E-state index contributed by atoms with van der Waals surface area (Å²) in [6.07, 6.45) is 1.56.